The summed E-state index contributed by atoms with van der Waals surface area (Å²) in [5.41, 5.74) is 1.86. The fourth-order valence-corrected chi connectivity index (χ4v) is 2.25. The fraction of sp³-hybridized carbons (Fsp3) is 0.250. The van der Waals surface area contributed by atoms with Crippen LogP contribution in [0.4, 0.5) is 0 Å². The molecule has 0 bridgehead atoms. The second-order valence-corrected chi connectivity index (χ2v) is 4.57. The number of hydrogen-bond acceptors (Lipinski definition) is 3. The molecule has 0 aliphatic rings. The van der Waals surface area contributed by atoms with Crippen LogP contribution >= 0.6 is 0 Å². The number of benzene rings is 1. The molecule has 2 aromatic rings. The lowest BCUT2D eigenvalue weighted by Crippen LogP contribution is -2.33. The number of likely N-dealkylation sites (N-methyl/N-ethyl adjacent to an activating group) is 1. The van der Waals surface area contributed by atoms with E-state index in [1.54, 1.807) is 12.4 Å². The molecule has 0 saturated carbocycles. The predicted molar refractivity (Wildman–Crippen MR) is 77.1 cm³/mol. The van der Waals surface area contributed by atoms with E-state index in [1.807, 2.05) is 54.3 Å². The molecule has 0 radical (unpaired) electrons. The van der Waals surface area contributed by atoms with Crippen LogP contribution in [0.2, 0.25) is 0 Å². The fourth-order valence-electron chi connectivity index (χ4n) is 2.25. The molecule has 1 heterocycles. The summed E-state index contributed by atoms with van der Waals surface area (Å²) in [5, 5.41) is 9.55. The Balaban J connectivity index is 2.25. The average Bonchev–Trinajstić information content (AvgIpc) is 2.48. The van der Waals surface area contributed by atoms with Crippen LogP contribution in [0, 0.1) is 0 Å². The summed E-state index contributed by atoms with van der Waals surface area (Å²) in [6.07, 6.45) is 3.45. The quantitative estimate of drug-likeness (QED) is 0.877. The van der Waals surface area contributed by atoms with Crippen molar-refractivity contribution in [3.63, 3.8) is 0 Å². The Labute approximate surface area is 118 Å². The first-order chi connectivity index (χ1) is 9.72. The molecule has 0 saturated heterocycles. The highest BCUT2D eigenvalue weighted by molar-refractivity contribution is 5.75. The van der Waals surface area contributed by atoms with Gasteiger partial charge in [0, 0.05) is 18.9 Å². The summed E-state index contributed by atoms with van der Waals surface area (Å²) in [4.78, 5) is 17.6. The van der Waals surface area contributed by atoms with Crippen molar-refractivity contribution in [3.8, 4) is 0 Å². The van der Waals surface area contributed by atoms with Crippen LogP contribution in [0.5, 0.6) is 0 Å². The van der Waals surface area contributed by atoms with Gasteiger partial charge in [0.05, 0.1) is 0 Å². The highest BCUT2D eigenvalue weighted by Crippen LogP contribution is 2.22. The molecule has 0 spiro atoms. The SMILES string of the molecule is CCN(Cc1ccncc1)C(C(=O)O)c1ccccc1. The van der Waals surface area contributed by atoms with E-state index in [2.05, 4.69) is 4.98 Å². The molecule has 1 N–H and O–H groups in total. The molecule has 2 rings (SSSR count). The molecule has 0 aliphatic carbocycles. The topological polar surface area (TPSA) is 53.4 Å². The van der Waals surface area contributed by atoms with Gasteiger partial charge in [-0.25, -0.2) is 0 Å². The minimum atomic E-state index is -0.827. The number of nitrogens with zero attached hydrogens (tertiary/aromatic N) is 2. The first-order valence-electron chi connectivity index (χ1n) is 6.63. The van der Waals surface area contributed by atoms with Gasteiger partial charge in [0.25, 0.3) is 0 Å². The summed E-state index contributed by atoms with van der Waals surface area (Å²) in [5.74, 6) is -0.827. The number of aromatic nitrogens is 1. The molecular weight excluding hydrogens is 252 g/mol. The van der Waals surface area contributed by atoms with Gasteiger partial charge >= 0.3 is 5.97 Å². The zero-order valence-electron chi connectivity index (χ0n) is 11.4. The van der Waals surface area contributed by atoms with Gasteiger partial charge in [-0.15, -0.1) is 0 Å². The van der Waals surface area contributed by atoms with Crippen LogP contribution in [-0.4, -0.2) is 27.5 Å². The molecule has 0 fully saturated rings. The Morgan fingerprint density at radius 3 is 2.40 bits per heavy atom. The maximum Gasteiger partial charge on any atom is 0.325 e. The van der Waals surface area contributed by atoms with Gasteiger partial charge < -0.3 is 5.11 Å². The van der Waals surface area contributed by atoms with Crippen molar-refractivity contribution >= 4 is 5.97 Å². The molecule has 1 aromatic carbocycles. The number of carboxylic acid groups (broad SMARTS) is 1. The summed E-state index contributed by atoms with van der Waals surface area (Å²) < 4.78 is 0. The standard InChI is InChI=1S/C16H18N2O2/c1-2-18(12-13-8-10-17-11-9-13)15(16(19)20)14-6-4-3-5-7-14/h3-11,15H,2,12H2,1H3,(H,19,20). The summed E-state index contributed by atoms with van der Waals surface area (Å²) in [7, 11) is 0. The van der Waals surface area contributed by atoms with Gasteiger partial charge in [0.1, 0.15) is 6.04 Å². The summed E-state index contributed by atoms with van der Waals surface area (Å²) in [6, 6.07) is 12.5. The molecule has 20 heavy (non-hydrogen) atoms. The molecule has 0 aliphatic heterocycles. The van der Waals surface area contributed by atoms with Gasteiger partial charge in [-0.1, -0.05) is 37.3 Å². The monoisotopic (exact) mass is 270 g/mol. The molecular formula is C16H18N2O2. The zero-order chi connectivity index (χ0) is 14.4. The zero-order valence-corrected chi connectivity index (χ0v) is 11.4. The number of rotatable bonds is 6. The summed E-state index contributed by atoms with van der Waals surface area (Å²) >= 11 is 0. The third-order valence-corrected chi connectivity index (χ3v) is 3.26. The highest BCUT2D eigenvalue weighted by Gasteiger charge is 2.26. The van der Waals surface area contributed by atoms with Gasteiger partial charge in [0.15, 0.2) is 0 Å². The smallest absolute Gasteiger partial charge is 0.325 e. The number of carboxylic acids is 1. The molecule has 104 valence electrons. The molecule has 1 unspecified atom stereocenters. The van der Waals surface area contributed by atoms with Crippen LogP contribution in [0.25, 0.3) is 0 Å². The van der Waals surface area contributed by atoms with Gasteiger partial charge in [-0.3, -0.25) is 14.7 Å². The Kier molecular flexibility index (Phi) is 4.85. The van der Waals surface area contributed by atoms with Crippen molar-refractivity contribution in [1.82, 2.24) is 9.88 Å². The van der Waals surface area contributed by atoms with Crippen molar-refractivity contribution in [2.75, 3.05) is 6.54 Å². The lowest BCUT2D eigenvalue weighted by atomic mass is 10.0. The predicted octanol–water partition coefficient (Wildman–Crippen LogP) is 2.73. The van der Waals surface area contributed by atoms with E-state index in [-0.39, 0.29) is 0 Å². The molecule has 1 atom stereocenters. The third kappa shape index (κ3) is 3.42. The van der Waals surface area contributed by atoms with Crippen molar-refractivity contribution in [3.05, 3.63) is 66.0 Å². The van der Waals surface area contributed by atoms with E-state index < -0.39 is 12.0 Å². The van der Waals surface area contributed by atoms with E-state index in [9.17, 15) is 9.90 Å². The lowest BCUT2D eigenvalue weighted by Gasteiger charge is -2.28. The van der Waals surface area contributed by atoms with E-state index in [1.165, 1.54) is 0 Å². The molecule has 0 amide bonds. The van der Waals surface area contributed by atoms with Crippen molar-refractivity contribution < 1.29 is 9.90 Å². The molecule has 4 heteroatoms. The lowest BCUT2D eigenvalue weighted by molar-refractivity contribution is -0.143. The van der Waals surface area contributed by atoms with Crippen LogP contribution in [0.15, 0.2) is 54.9 Å². The maximum atomic E-state index is 11.6. The minimum absolute atomic E-state index is 0.588. The van der Waals surface area contributed by atoms with Gasteiger partial charge in [-0.2, -0.15) is 0 Å². The van der Waals surface area contributed by atoms with Crippen molar-refractivity contribution in [1.29, 1.82) is 0 Å². The first kappa shape index (κ1) is 14.2. The second kappa shape index (κ2) is 6.82. The largest absolute Gasteiger partial charge is 0.480 e. The molecule has 4 nitrogen and oxygen atoms in total. The maximum absolute atomic E-state index is 11.6. The van der Waals surface area contributed by atoms with E-state index in [0.717, 1.165) is 11.1 Å². The van der Waals surface area contributed by atoms with E-state index in [4.69, 9.17) is 0 Å². The van der Waals surface area contributed by atoms with Crippen LogP contribution < -0.4 is 0 Å². The van der Waals surface area contributed by atoms with Crippen LogP contribution in [0.1, 0.15) is 24.1 Å². The Morgan fingerprint density at radius 1 is 1.20 bits per heavy atom. The van der Waals surface area contributed by atoms with E-state index >= 15 is 0 Å². The Bertz CT molecular complexity index is 543. The normalized spacial score (nSPS) is 12.3. The highest BCUT2D eigenvalue weighted by atomic mass is 16.4. The minimum Gasteiger partial charge on any atom is -0.480 e. The number of aliphatic carboxylic acids is 1. The second-order valence-electron chi connectivity index (χ2n) is 4.57. The Hall–Kier alpha value is -2.20. The average molecular weight is 270 g/mol. The van der Waals surface area contributed by atoms with Gasteiger partial charge in [0.2, 0.25) is 0 Å². The van der Waals surface area contributed by atoms with E-state index in [0.29, 0.717) is 13.1 Å². The van der Waals surface area contributed by atoms with Crippen LogP contribution in [-0.2, 0) is 11.3 Å². The van der Waals surface area contributed by atoms with Crippen LogP contribution in [0.3, 0.4) is 0 Å². The first-order valence-corrected chi connectivity index (χ1v) is 6.63. The van der Waals surface area contributed by atoms with Crippen molar-refractivity contribution in [2.45, 2.75) is 19.5 Å². The number of pyridine rings is 1. The van der Waals surface area contributed by atoms with Gasteiger partial charge in [-0.05, 0) is 29.8 Å². The molecule has 1 aromatic heterocycles. The van der Waals surface area contributed by atoms with Crippen molar-refractivity contribution in [2.24, 2.45) is 0 Å². The number of carbonyl (C=O) groups is 1. The summed E-state index contributed by atoms with van der Waals surface area (Å²) in [6.45, 7) is 3.22. The number of hydrogen-bond donors (Lipinski definition) is 1. The third-order valence-electron chi connectivity index (χ3n) is 3.26. The Morgan fingerprint density at radius 2 is 1.85 bits per heavy atom.